The summed E-state index contributed by atoms with van der Waals surface area (Å²) in [5.74, 6) is -0.936. The second-order valence-corrected chi connectivity index (χ2v) is 9.00. The van der Waals surface area contributed by atoms with Crippen molar-refractivity contribution >= 4 is 27.3 Å². The Hall–Kier alpha value is -3.38. The second kappa shape index (κ2) is 9.94. The molecule has 0 fully saturated rings. The summed E-state index contributed by atoms with van der Waals surface area (Å²) in [5, 5.41) is 6.72. The van der Waals surface area contributed by atoms with Crippen LogP contribution in [-0.4, -0.2) is 35.9 Å². The Morgan fingerprint density at radius 1 is 1.06 bits per heavy atom. The fourth-order valence-electron chi connectivity index (χ4n) is 3.66. The topological polar surface area (TPSA) is 56.1 Å². The first-order valence-electron chi connectivity index (χ1n) is 10.6. The smallest absolute Gasteiger partial charge is 0.383 e. The highest BCUT2D eigenvalue weighted by atomic mass is 32.1. The van der Waals surface area contributed by atoms with Gasteiger partial charge in [-0.1, -0.05) is 30.3 Å². The molecule has 12 heteroatoms. The summed E-state index contributed by atoms with van der Waals surface area (Å²) < 4.78 is 86.5. The summed E-state index contributed by atoms with van der Waals surface area (Å²) in [6, 6.07) is 11.7. The highest BCUT2D eigenvalue weighted by Gasteiger charge is 2.39. The first kappa shape index (κ1) is 25.7. The van der Waals surface area contributed by atoms with Gasteiger partial charge in [-0.3, -0.25) is 4.79 Å². The van der Waals surface area contributed by atoms with Gasteiger partial charge in [0, 0.05) is 31.1 Å². The molecule has 36 heavy (non-hydrogen) atoms. The van der Waals surface area contributed by atoms with Crippen molar-refractivity contribution in [3.63, 3.8) is 0 Å². The van der Waals surface area contributed by atoms with Gasteiger partial charge in [0.2, 0.25) is 0 Å². The van der Waals surface area contributed by atoms with E-state index in [4.69, 9.17) is 4.74 Å². The number of fused-ring (bicyclic) bond motifs is 1. The molecule has 2 aromatic heterocycles. The number of thiophene rings is 1. The molecule has 0 aliphatic carbocycles. The minimum atomic E-state index is -4.86. The van der Waals surface area contributed by atoms with Crippen LogP contribution in [0.1, 0.15) is 32.1 Å². The van der Waals surface area contributed by atoms with Crippen LogP contribution in [-0.2, 0) is 23.5 Å². The molecular formula is C24H19F6N3O2S. The normalized spacial score (nSPS) is 12.3. The number of methoxy groups -OCH3 is 1. The summed E-state index contributed by atoms with van der Waals surface area (Å²) in [6.07, 6.45) is -8.10. The maximum absolute atomic E-state index is 13.6. The SMILES string of the molecule is COCCNC(=O)c1cn(-c2cccc3cc(Cc4cccc(C(F)(F)F)c4)sc23)nc1C(F)(F)F. The van der Waals surface area contributed by atoms with Gasteiger partial charge in [0.1, 0.15) is 0 Å². The zero-order valence-corrected chi connectivity index (χ0v) is 19.5. The Balaban J connectivity index is 1.70. The van der Waals surface area contributed by atoms with Crippen molar-refractivity contribution in [3.05, 3.63) is 82.0 Å². The number of carbonyl (C=O) groups excluding carboxylic acids is 1. The number of nitrogens with zero attached hydrogens (tertiary/aromatic N) is 2. The number of hydrogen-bond acceptors (Lipinski definition) is 4. The predicted octanol–water partition coefficient (Wildman–Crippen LogP) is 6.09. The summed E-state index contributed by atoms with van der Waals surface area (Å²) in [6.45, 7) is 0.154. The number of alkyl halides is 6. The van der Waals surface area contributed by atoms with E-state index >= 15 is 0 Å². The van der Waals surface area contributed by atoms with Crippen LogP contribution < -0.4 is 5.32 Å². The Bertz CT molecular complexity index is 1390. The number of nitrogens with one attached hydrogen (secondary N) is 1. The molecule has 0 saturated carbocycles. The molecular weight excluding hydrogens is 508 g/mol. The molecule has 1 N–H and O–H groups in total. The lowest BCUT2D eigenvalue weighted by atomic mass is 10.1. The summed E-state index contributed by atoms with van der Waals surface area (Å²) in [7, 11) is 1.40. The Morgan fingerprint density at radius 3 is 2.50 bits per heavy atom. The third kappa shape index (κ3) is 5.54. The van der Waals surface area contributed by atoms with Gasteiger partial charge in [-0.05, 0) is 29.1 Å². The quantitative estimate of drug-likeness (QED) is 0.234. The number of halogens is 6. The molecule has 0 radical (unpaired) electrons. The highest BCUT2D eigenvalue weighted by Crippen LogP contribution is 2.36. The van der Waals surface area contributed by atoms with E-state index in [2.05, 4.69) is 10.4 Å². The van der Waals surface area contributed by atoms with Crippen LogP contribution in [0, 0.1) is 0 Å². The molecule has 5 nitrogen and oxygen atoms in total. The Kier molecular flexibility index (Phi) is 7.10. The highest BCUT2D eigenvalue weighted by molar-refractivity contribution is 7.19. The zero-order valence-electron chi connectivity index (χ0n) is 18.7. The average molecular weight is 527 g/mol. The molecule has 0 saturated heterocycles. The maximum atomic E-state index is 13.6. The first-order valence-corrected chi connectivity index (χ1v) is 11.4. The lowest BCUT2D eigenvalue weighted by molar-refractivity contribution is -0.141. The lowest BCUT2D eigenvalue weighted by Gasteiger charge is -2.08. The number of rotatable bonds is 7. The monoisotopic (exact) mass is 527 g/mol. The van der Waals surface area contributed by atoms with Gasteiger partial charge >= 0.3 is 12.4 Å². The van der Waals surface area contributed by atoms with E-state index in [0.29, 0.717) is 21.3 Å². The van der Waals surface area contributed by atoms with Crippen LogP contribution in [0.4, 0.5) is 26.3 Å². The van der Waals surface area contributed by atoms with E-state index < -0.39 is 35.1 Å². The van der Waals surface area contributed by atoms with Crippen molar-refractivity contribution in [2.45, 2.75) is 18.8 Å². The summed E-state index contributed by atoms with van der Waals surface area (Å²) in [4.78, 5) is 13.1. The molecule has 0 unspecified atom stereocenters. The third-order valence-corrected chi connectivity index (χ3v) is 6.45. The second-order valence-electron chi connectivity index (χ2n) is 7.87. The molecule has 0 atom stereocenters. The minimum absolute atomic E-state index is 0.0250. The lowest BCUT2D eigenvalue weighted by Crippen LogP contribution is -2.28. The van der Waals surface area contributed by atoms with Gasteiger partial charge in [-0.2, -0.15) is 31.4 Å². The van der Waals surface area contributed by atoms with Crippen LogP contribution in [0.3, 0.4) is 0 Å². The zero-order chi connectivity index (χ0) is 26.1. The fourth-order valence-corrected chi connectivity index (χ4v) is 4.86. The molecule has 0 bridgehead atoms. The van der Waals surface area contributed by atoms with E-state index in [9.17, 15) is 31.1 Å². The average Bonchev–Trinajstić information content (AvgIpc) is 3.43. The van der Waals surface area contributed by atoms with Gasteiger partial charge in [-0.25, -0.2) is 4.68 Å². The van der Waals surface area contributed by atoms with Crippen molar-refractivity contribution < 1.29 is 35.9 Å². The fraction of sp³-hybridized carbons (Fsp3) is 0.250. The van der Waals surface area contributed by atoms with Crippen LogP contribution in [0.15, 0.2) is 54.7 Å². The van der Waals surface area contributed by atoms with Gasteiger partial charge < -0.3 is 10.1 Å². The largest absolute Gasteiger partial charge is 0.435 e. The van der Waals surface area contributed by atoms with E-state index in [1.807, 2.05) is 0 Å². The van der Waals surface area contributed by atoms with Crippen molar-refractivity contribution in [3.8, 4) is 5.69 Å². The molecule has 4 aromatic rings. The maximum Gasteiger partial charge on any atom is 0.435 e. The third-order valence-electron chi connectivity index (χ3n) is 5.27. The number of ether oxygens (including phenoxy) is 1. The van der Waals surface area contributed by atoms with Crippen LogP contribution >= 0.6 is 11.3 Å². The molecule has 4 rings (SSSR count). The van der Waals surface area contributed by atoms with E-state index in [-0.39, 0.29) is 19.6 Å². The molecule has 190 valence electrons. The van der Waals surface area contributed by atoms with Crippen molar-refractivity contribution in [1.29, 1.82) is 0 Å². The van der Waals surface area contributed by atoms with Crippen LogP contribution in [0.5, 0.6) is 0 Å². The van der Waals surface area contributed by atoms with Gasteiger partial charge in [0.25, 0.3) is 5.91 Å². The van der Waals surface area contributed by atoms with E-state index in [1.54, 1.807) is 30.3 Å². The molecule has 1 amide bonds. The Morgan fingerprint density at radius 2 is 1.81 bits per heavy atom. The number of amides is 1. The van der Waals surface area contributed by atoms with Crippen molar-refractivity contribution in [2.24, 2.45) is 0 Å². The molecule has 2 heterocycles. The van der Waals surface area contributed by atoms with Crippen molar-refractivity contribution in [2.75, 3.05) is 20.3 Å². The summed E-state index contributed by atoms with van der Waals surface area (Å²) >= 11 is 1.23. The summed E-state index contributed by atoms with van der Waals surface area (Å²) in [5.41, 5.74) is -1.94. The van der Waals surface area contributed by atoms with Gasteiger partial charge in [0.05, 0.1) is 28.1 Å². The Labute approximate surface area is 205 Å². The number of carbonyl (C=O) groups is 1. The van der Waals surface area contributed by atoms with Gasteiger partial charge in [0.15, 0.2) is 5.69 Å². The number of aromatic nitrogens is 2. The van der Waals surface area contributed by atoms with Crippen molar-refractivity contribution in [1.82, 2.24) is 15.1 Å². The van der Waals surface area contributed by atoms with Crippen LogP contribution in [0.25, 0.3) is 15.8 Å². The predicted molar refractivity (Wildman–Crippen MR) is 122 cm³/mol. The molecule has 0 aliphatic heterocycles. The standard InChI is InChI=1S/C24H19F6N3O2S/c1-35-9-8-31-22(34)18-13-33(32-21(18)24(28,29)30)19-7-3-5-15-12-17(36-20(15)19)11-14-4-2-6-16(10-14)23(25,26)27/h2-7,10,12-13H,8-9,11H2,1H3,(H,31,34). The van der Waals surface area contributed by atoms with Gasteiger partial charge in [-0.15, -0.1) is 11.3 Å². The number of hydrogen-bond donors (Lipinski definition) is 1. The number of benzene rings is 2. The minimum Gasteiger partial charge on any atom is -0.383 e. The van der Waals surface area contributed by atoms with E-state index in [1.165, 1.54) is 24.5 Å². The molecule has 2 aromatic carbocycles. The first-order chi connectivity index (χ1) is 17.0. The molecule has 0 spiro atoms. The van der Waals surface area contributed by atoms with Crippen LogP contribution in [0.2, 0.25) is 0 Å². The van der Waals surface area contributed by atoms with E-state index in [0.717, 1.165) is 27.9 Å². The molecule has 0 aliphatic rings.